The quantitative estimate of drug-likeness (QED) is 0.638. The second-order valence-corrected chi connectivity index (χ2v) is 9.15. The Hall–Kier alpha value is -1.02. The summed E-state index contributed by atoms with van der Waals surface area (Å²) in [6.45, 7) is 6.86. The Balaban J connectivity index is 1.49. The molecule has 2 unspecified atom stereocenters. The van der Waals surface area contributed by atoms with Gasteiger partial charge in [0.25, 0.3) is 0 Å². The molecule has 1 saturated carbocycles. The third kappa shape index (κ3) is 2.07. The Labute approximate surface area is 152 Å². The summed E-state index contributed by atoms with van der Waals surface area (Å²) >= 11 is 1.95. The molecule has 2 atom stereocenters. The summed E-state index contributed by atoms with van der Waals surface area (Å²) in [5, 5.41) is 11.6. The van der Waals surface area contributed by atoms with Gasteiger partial charge in [-0.3, -0.25) is 4.31 Å². The summed E-state index contributed by atoms with van der Waals surface area (Å²) in [6, 6.07) is 2.07. The molecular formula is C18H24BN3O2S. The molecule has 2 spiro atoms. The van der Waals surface area contributed by atoms with E-state index >= 15 is 0 Å². The highest BCUT2D eigenvalue weighted by atomic mass is 32.2. The number of aromatic amines is 1. The van der Waals surface area contributed by atoms with Crippen LogP contribution in [0.1, 0.15) is 38.7 Å². The molecule has 5 rings (SSSR count). The molecule has 2 aliphatic heterocycles. The number of H-pyrrole nitrogens is 1. The summed E-state index contributed by atoms with van der Waals surface area (Å²) in [6.07, 6.45) is 7.17. The maximum atomic E-state index is 10.5. The first-order valence-corrected chi connectivity index (χ1v) is 10.2. The highest BCUT2D eigenvalue weighted by Gasteiger charge is 2.67. The Bertz CT molecular complexity index is 820. The fourth-order valence-electron chi connectivity index (χ4n) is 5.50. The maximum absolute atomic E-state index is 10.5. The van der Waals surface area contributed by atoms with Crippen molar-refractivity contribution in [2.24, 2.45) is 11.3 Å². The molecule has 5 nitrogen and oxygen atoms in total. The lowest BCUT2D eigenvalue weighted by Crippen LogP contribution is -2.61. The van der Waals surface area contributed by atoms with Gasteiger partial charge in [0.15, 0.2) is 0 Å². The summed E-state index contributed by atoms with van der Waals surface area (Å²) < 4.78 is 8.74. The number of hydrogen-bond donors (Lipinski definition) is 2. The van der Waals surface area contributed by atoms with Gasteiger partial charge < -0.3 is 14.7 Å². The fourth-order valence-corrected chi connectivity index (χ4v) is 6.30. The topological polar surface area (TPSA) is 61.4 Å². The van der Waals surface area contributed by atoms with Gasteiger partial charge in [-0.15, -0.1) is 0 Å². The number of nitrogens with one attached hydrogen (secondary N) is 1. The van der Waals surface area contributed by atoms with Gasteiger partial charge in [0, 0.05) is 42.1 Å². The monoisotopic (exact) mass is 357 g/mol. The molecule has 2 N–H and O–H groups in total. The molecule has 25 heavy (non-hydrogen) atoms. The summed E-state index contributed by atoms with van der Waals surface area (Å²) in [7, 11) is -0.850. The zero-order valence-corrected chi connectivity index (χ0v) is 15.6. The van der Waals surface area contributed by atoms with Gasteiger partial charge in [0.1, 0.15) is 5.65 Å². The molecule has 1 aliphatic carbocycles. The smallest absolute Gasteiger partial charge is 0.423 e. The number of nitrogens with zero attached hydrogens (tertiary/aromatic N) is 2. The second kappa shape index (κ2) is 5.49. The van der Waals surface area contributed by atoms with Gasteiger partial charge >= 0.3 is 7.12 Å². The lowest BCUT2D eigenvalue weighted by molar-refractivity contribution is -0.192. The van der Waals surface area contributed by atoms with Crippen LogP contribution in [0.4, 0.5) is 0 Å². The van der Waals surface area contributed by atoms with Gasteiger partial charge in [-0.05, 0) is 42.2 Å². The molecule has 1 saturated heterocycles. The summed E-state index contributed by atoms with van der Waals surface area (Å²) in [5.41, 5.74) is 2.91. The van der Waals surface area contributed by atoms with Crippen molar-refractivity contribution in [2.45, 2.75) is 38.7 Å². The first-order chi connectivity index (χ1) is 12.1. The predicted molar refractivity (Wildman–Crippen MR) is 102 cm³/mol. The largest absolute Gasteiger partial charge is 0.493 e. The van der Waals surface area contributed by atoms with Crippen LogP contribution < -0.4 is 5.46 Å². The second-order valence-electron chi connectivity index (χ2n) is 7.80. The SMILES string of the molecule is CCSN1CCC2(CC1)CC1(OB(O)c3cnc4[nH]ccc4c31)C2C. The average molecular weight is 357 g/mol. The van der Waals surface area contributed by atoms with Gasteiger partial charge in [-0.25, -0.2) is 4.98 Å². The van der Waals surface area contributed by atoms with Crippen molar-refractivity contribution < 1.29 is 9.68 Å². The van der Waals surface area contributed by atoms with Crippen LogP contribution in [-0.4, -0.2) is 45.3 Å². The molecule has 2 aromatic heterocycles. The van der Waals surface area contributed by atoms with Crippen LogP contribution in [0.5, 0.6) is 0 Å². The van der Waals surface area contributed by atoms with E-state index in [1.165, 1.54) is 18.4 Å². The van der Waals surface area contributed by atoms with Crippen LogP contribution in [0.2, 0.25) is 0 Å². The summed E-state index contributed by atoms with van der Waals surface area (Å²) in [5.74, 6) is 1.55. The number of piperidine rings is 1. The van der Waals surface area contributed by atoms with Gasteiger partial charge in [-0.2, -0.15) is 0 Å². The third-order valence-electron chi connectivity index (χ3n) is 6.89. The van der Waals surface area contributed by atoms with Crippen LogP contribution in [-0.2, 0) is 10.3 Å². The first-order valence-electron chi connectivity index (χ1n) is 9.30. The number of hydrogen-bond acceptors (Lipinski definition) is 5. The van der Waals surface area contributed by atoms with Gasteiger partial charge in [-0.1, -0.05) is 25.8 Å². The fraction of sp³-hybridized carbons (Fsp3) is 0.611. The Morgan fingerprint density at radius 1 is 1.48 bits per heavy atom. The lowest BCUT2D eigenvalue weighted by atomic mass is 9.47. The highest BCUT2D eigenvalue weighted by molar-refractivity contribution is 7.96. The minimum absolute atomic E-state index is 0.345. The van der Waals surface area contributed by atoms with Gasteiger partial charge in [0.05, 0.1) is 5.60 Å². The minimum Gasteiger partial charge on any atom is -0.423 e. The molecule has 132 valence electrons. The maximum Gasteiger partial charge on any atom is 0.493 e. The highest BCUT2D eigenvalue weighted by Crippen LogP contribution is 2.66. The molecule has 0 aromatic carbocycles. The zero-order chi connectivity index (χ0) is 17.2. The van der Waals surface area contributed by atoms with E-state index in [1.807, 2.05) is 18.1 Å². The molecule has 2 fully saturated rings. The number of fused-ring (bicyclic) bond motifs is 4. The van der Waals surface area contributed by atoms with E-state index < -0.39 is 7.12 Å². The number of rotatable bonds is 2. The minimum atomic E-state index is -0.850. The van der Waals surface area contributed by atoms with E-state index in [0.29, 0.717) is 11.3 Å². The van der Waals surface area contributed by atoms with Crippen molar-refractivity contribution in [1.82, 2.24) is 14.3 Å². The van der Waals surface area contributed by atoms with Crippen LogP contribution in [0.3, 0.4) is 0 Å². The molecule has 0 amide bonds. The Morgan fingerprint density at radius 2 is 2.28 bits per heavy atom. The van der Waals surface area contributed by atoms with E-state index in [1.54, 1.807) is 6.20 Å². The van der Waals surface area contributed by atoms with Crippen LogP contribution in [0.15, 0.2) is 18.5 Å². The zero-order valence-electron chi connectivity index (χ0n) is 14.8. The number of pyridine rings is 1. The molecule has 7 heteroatoms. The molecule has 2 aromatic rings. The Kier molecular flexibility index (Phi) is 3.55. The van der Waals surface area contributed by atoms with Crippen molar-refractivity contribution >= 4 is 35.6 Å². The van der Waals surface area contributed by atoms with Crippen molar-refractivity contribution in [3.8, 4) is 0 Å². The standard InChI is InChI=1S/C18H24BN3O2S/c1-3-25-22-8-5-17(6-9-22)11-18(12(17)2)15-13-4-7-20-16(13)21-10-14(15)19(23)24-18/h4,7,10,12,23H,3,5-6,8-9,11H2,1-2H3,(H,20,21). The van der Waals surface area contributed by atoms with Crippen molar-refractivity contribution in [3.63, 3.8) is 0 Å². The van der Waals surface area contributed by atoms with E-state index in [0.717, 1.165) is 41.8 Å². The van der Waals surface area contributed by atoms with E-state index in [9.17, 15) is 5.02 Å². The molecule has 0 radical (unpaired) electrons. The lowest BCUT2D eigenvalue weighted by Gasteiger charge is -2.63. The average Bonchev–Trinajstić information content (AvgIpc) is 3.20. The summed E-state index contributed by atoms with van der Waals surface area (Å²) in [4.78, 5) is 7.64. The van der Waals surface area contributed by atoms with Crippen LogP contribution >= 0.6 is 11.9 Å². The van der Waals surface area contributed by atoms with Crippen molar-refractivity contribution in [3.05, 3.63) is 24.0 Å². The van der Waals surface area contributed by atoms with Gasteiger partial charge in [0.2, 0.25) is 0 Å². The molecule has 4 heterocycles. The molecule has 0 bridgehead atoms. The van der Waals surface area contributed by atoms with Crippen LogP contribution in [0, 0.1) is 11.3 Å². The Morgan fingerprint density at radius 3 is 3.00 bits per heavy atom. The first kappa shape index (κ1) is 16.2. The third-order valence-corrected chi connectivity index (χ3v) is 7.88. The predicted octanol–water partition coefficient (Wildman–Crippen LogP) is 2.27. The van der Waals surface area contributed by atoms with Crippen LogP contribution in [0.25, 0.3) is 11.0 Å². The number of aromatic nitrogens is 2. The van der Waals surface area contributed by atoms with E-state index in [-0.39, 0.29) is 5.60 Å². The van der Waals surface area contributed by atoms with E-state index in [2.05, 4.69) is 34.2 Å². The normalized spacial score (nSPS) is 31.0. The van der Waals surface area contributed by atoms with Crippen molar-refractivity contribution in [2.75, 3.05) is 18.8 Å². The van der Waals surface area contributed by atoms with E-state index in [4.69, 9.17) is 4.65 Å². The van der Waals surface area contributed by atoms with Crippen molar-refractivity contribution in [1.29, 1.82) is 0 Å². The molecule has 3 aliphatic rings. The molecular weight excluding hydrogens is 333 g/mol.